The molecule has 36 heavy (non-hydrogen) atoms. The summed E-state index contributed by atoms with van der Waals surface area (Å²) in [5.41, 5.74) is 1.83. The first-order valence-electron chi connectivity index (χ1n) is 12.5. The molecule has 0 bridgehead atoms. The fraction of sp³-hybridized carbons (Fsp3) is 0.500. The Bertz CT molecular complexity index is 1050. The highest BCUT2D eigenvalue weighted by molar-refractivity contribution is 5.99. The Hall–Kier alpha value is -2.97. The number of halogens is 1. The molecule has 1 heterocycles. The minimum absolute atomic E-state index is 0.0164. The zero-order chi connectivity index (χ0) is 26.2. The second-order valence-electron chi connectivity index (χ2n) is 9.67. The zero-order valence-corrected chi connectivity index (χ0v) is 21.9. The van der Waals surface area contributed by atoms with Crippen molar-refractivity contribution in [3.8, 4) is 5.75 Å². The minimum Gasteiger partial charge on any atom is -0.491 e. The fourth-order valence-electron chi connectivity index (χ4n) is 4.47. The SMILES string of the molecule is CCCC(=O)Nc1ccc2c(c1)C(=O)N(C)C[C@H](OC)[C@@H](C)CN(Cc1cccc(F)c1)[C@@H](C)CO2. The highest BCUT2D eigenvalue weighted by Gasteiger charge is 2.28. The van der Waals surface area contributed by atoms with Gasteiger partial charge in [-0.25, -0.2) is 4.39 Å². The number of benzene rings is 2. The van der Waals surface area contributed by atoms with Crippen molar-refractivity contribution in [1.82, 2.24) is 9.80 Å². The normalized spacial score (nSPS) is 21.7. The molecule has 196 valence electrons. The lowest BCUT2D eigenvalue weighted by Gasteiger charge is -2.36. The van der Waals surface area contributed by atoms with E-state index in [1.165, 1.54) is 6.07 Å². The number of carbonyl (C=O) groups excluding carboxylic acids is 2. The Balaban J connectivity index is 1.92. The molecule has 8 heteroatoms. The van der Waals surface area contributed by atoms with E-state index in [9.17, 15) is 14.0 Å². The first-order chi connectivity index (χ1) is 17.2. The molecule has 2 amide bonds. The standard InChI is InChI=1S/C28H38FN3O4/c1-6-8-27(33)30-23-11-12-25-24(14-23)28(34)31(4)17-26(35-5)19(2)15-32(20(3)18-36-25)16-21-9-7-10-22(29)13-21/h7,9-14,19-20,26H,6,8,15-18H2,1-5H3,(H,30,33)/t19-,20-,26-/m0/s1. The molecule has 3 atom stereocenters. The van der Waals surface area contributed by atoms with Crippen LogP contribution in [0.4, 0.5) is 10.1 Å². The first-order valence-corrected chi connectivity index (χ1v) is 12.5. The van der Waals surface area contributed by atoms with Crippen molar-refractivity contribution >= 4 is 17.5 Å². The number of hydrogen-bond acceptors (Lipinski definition) is 5. The summed E-state index contributed by atoms with van der Waals surface area (Å²) < 4.78 is 25.8. The van der Waals surface area contributed by atoms with Crippen LogP contribution in [0.3, 0.4) is 0 Å². The molecule has 0 fully saturated rings. The molecule has 2 aromatic carbocycles. The molecule has 0 saturated heterocycles. The molecule has 7 nitrogen and oxygen atoms in total. The molecule has 1 N–H and O–H groups in total. The Morgan fingerprint density at radius 1 is 1.19 bits per heavy atom. The number of nitrogens with zero attached hydrogens (tertiary/aromatic N) is 2. The van der Waals surface area contributed by atoms with Crippen molar-refractivity contribution in [1.29, 1.82) is 0 Å². The maximum absolute atomic E-state index is 13.8. The second-order valence-corrected chi connectivity index (χ2v) is 9.67. The number of rotatable bonds is 6. The number of hydrogen-bond donors (Lipinski definition) is 1. The third kappa shape index (κ3) is 7.27. The van der Waals surface area contributed by atoms with Crippen molar-refractivity contribution in [2.45, 2.75) is 52.3 Å². The average Bonchev–Trinajstić information content (AvgIpc) is 2.84. The molecule has 0 unspecified atom stereocenters. The van der Waals surface area contributed by atoms with Crippen LogP contribution in [0.2, 0.25) is 0 Å². The molecular weight excluding hydrogens is 461 g/mol. The lowest BCUT2D eigenvalue weighted by molar-refractivity contribution is -0.116. The first kappa shape index (κ1) is 27.6. The topological polar surface area (TPSA) is 71.1 Å². The summed E-state index contributed by atoms with van der Waals surface area (Å²) in [4.78, 5) is 29.4. The molecule has 0 aliphatic carbocycles. The van der Waals surface area contributed by atoms with Crippen LogP contribution < -0.4 is 10.1 Å². The summed E-state index contributed by atoms with van der Waals surface area (Å²) in [6, 6.07) is 11.8. The van der Waals surface area contributed by atoms with E-state index >= 15 is 0 Å². The van der Waals surface area contributed by atoms with E-state index < -0.39 is 0 Å². The van der Waals surface area contributed by atoms with E-state index in [1.807, 2.05) is 13.0 Å². The molecule has 1 aliphatic heterocycles. The number of anilines is 1. The highest BCUT2D eigenvalue weighted by Crippen LogP contribution is 2.27. The molecule has 0 radical (unpaired) electrons. The Kier molecular flexibility index (Phi) is 9.84. The largest absolute Gasteiger partial charge is 0.491 e. The summed E-state index contributed by atoms with van der Waals surface area (Å²) in [6.45, 7) is 8.09. The third-order valence-corrected chi connectivity index (χ3v) is 6.61. The van der Waals surface area contributed by atoms with Crippen LogP contribution in [0.25, 0.3) is 0 Å². The van der Waals surface area contributed by atoms with Crippen LogP contribution in [-0.4, -0.2) is 67.6 Å². The second kappa shape index (κ2) is 12.8. The molecule has 3 rings (SSSR count). The lowest BCUT2D eigenvalue weighted by atomic mass is 10.0. The quantitative estimate of drug-likeness (QED) is 0.631. The predicted molar refractivity (Wildman–Crippen MR) is 139 cm³/mol. The Morgan fingerprint density at radius 3 is 2.67 bits per heavy atom. The van der Waals surface area contributed by atoms with Gasteiger partial charge in [0.15, 0.2) is 0 Å². The molecule has 1 aliphatic rings. The van der Waals surface area contributed by atoms with Gasteiger partial charge in [-0.2, -0.15) is 0 Å². The lowest BCUT2D eigenvalue weighted by Crippen LogP contribution is -2.46. The minimum atomic E-state index is -0.260. The van der Waals surface area contributed by atoms with Crippen molar-refractivity contribution in [3.63, 3.8) is 0 Å². The van der Waals surface area contributed by atoms with Gasteiger partial charge >= 0.3 is 0 Å². The fourth-order valence-corrected chi connectivity index (χ4v) is 4.47. The summed E-state index contributed by atoms with van der Waals surface area (Å²) in [5, 5.41) is 2.86. The van der Waals surface area contributed by atoms with E-state index in [4.69, 9.17) is 9.47 Å². The smallest absolute Gasteiger partial charge is 0.257 e. The Morgan fingerprint density at radius 2 is 1.97 bits per heavy atom. The number of methoxy groups -OCH3 is 1. The van der Waals surface area contributed by atoms with Gasteiger partial charge in [0.05, 0.1) is 11.7 Å². The van der Waals surface area contributed by atoms with Crippen LogP contribution in [0.5, 0.6) is 5.75 Å². The van der Waals surface area contributed by atoms with E-state index in [2.05, 4.69) is 24.1 Å². The molecule has 0 saturated carbocycles. The Labute approximate surface area is 213 Å². The van der Waals surface area contributed by atoms with Gasteiger partial charge in [0, 0.05) is 51.9 Å². The number of amides is 2. The summed E-state index contributed by atoms with van der Waals surface area (Å²) in [5.74, 6) is 0.00247. The van der Waals surface area contributed by atoms with Crippen molar-refractivity contribution in [2.75, 3.05) is 39.2 Å². The van der Waals surface area contributed by atoms with Crippen LogP contribution in [-0.2, 0) is 16.1 Å². The van der Waals surface area contributed by atoms with Crippen LogP contribution in [0.15, 0.2) is 42.5 Å². The highest BCUT2D eigenvalue weighted by atomic mass is 19.1. The van der Waals surface area contributed by atoms with Gasteiger partial charge in [-0.1, -0.05) is 26.0 Å². The number of fused-ring (bicyclic) bond motifs is 1. The molecule has 0 spiro atoms. The van der Waals surface area contributed by atoms with E-state index in [-0.39, 0.29) is 35.7 Å². The van der Waals surface area contributed by atoms with Gasteiger partial charge in [0.2, 0.25) is 5.91 Å². The number of carbonyl (C=O) groups is 2. The van der Waals surface area contributed by atoms with Crippen LogP contribution in [0.1, 0.15) is 49.5 Å². The predicted octanol–water partition coefficient (Wildman–Crippen LogP) is 4.57. The van der Waals surface area contributed by atoms with Crippen molar-refractivity contribution in [2.24, 2.45) is 5.92 Å². The van der Waals surface area contributed by atoms with Gasteiger partial charge in [-0.05, 0) is 55.2 Å². The van der Waals surface area contributed by atoms with E-state index in [0.29, 0.717) is 49.7 Å². The van der Waals surface area contributed by atoms with E-state index in [0.717, 1.165) is 12.0 Å². The summed E-state index contributed by atoms with van der Waals surface area (Å²) in [6.07, 6.45) is 0.952. The third-order valence-electron chi connectivity index (χ3n) is 6.61. The zero-order valence-electron chi connectivity index (χ0n) is 21.9. The van der Waals surface area contributed by atoms with Crippen molar-refractivity contribution < 1.29 is 23.5 Å². The number of nitrogens with one attached hydrogen (secondary N) is 1. The maximum Gasteiger partial charge on any atom is 0.257 e. The summed E-state index contributed by atoms with van der Waals surface area (Å²) in [7, 11) is 3.40. The number of likely N-dealkylation sites (N-methyl/N-ethyl adjacent to an activating group) is 1. The van der Waals surface area contributed by atoms with Gasteiger partial charge in [-0.3, -0.25) is 14.5 Å². The monoisotopic (exact) mass is 499 g/mol. The summed E-state index contributed by atoms with van der Waals surface area (Å²) >= 11 is 0. The van der Waals surface area contributed by atoms with Crippen LogP contribution >= 0.6 is 0 Å². The molecular formula is C28H38FN3O4. The van der Waals surface area contributed by atoms with Gasteiger partial charge in [0.1, 0.15) is 18.2 Å². The van der Waals surface area contributed by atoms with E-state index in [1.54, 1.807) is 49.4 Å². The van der Waals surface area contributed by atoms with Gasteiger partial charge in [-0.15, -0.1) is 0 Å². The van der Waals surface area contributed by atoms with Crippen LogP contribution in [0, 0.1) is 11.7 Å². The van der Waals surface area contributed by atoms with Gasteiger partial charge in [0.25, 0.3) is 5.91 Å². The van der Waals surface area contributed by atoms with Gasteiger partial charge < -0.3 is 19.7 Å². The molecule has 2 aromatic rings. The average molecular weight is 500 g/mol. The maximum atomic E-state index is 13.8. The molecule has 0 aromatic heterocycles. The number of ether oxygens (including phenoxy) is 2. The van der Waals surface area contributed by atoms with Crippen molar-refractivity contribution in [3.05, 3.63) is 59.4 Å².